The van der Waals surface area contributed by atoms with Gasteiger partial charge in [0.15, 0.2) is 0 Å². The second-order valence-electron chi connectivity index (χ2n) is 10.5. The number of benzene rings is 1. The van der Waals surface area contributed by atoms with Gasteiger partial charge >= 0.3 is 12.5 Å². The lowest BCUT2D eigenvalue weighted by Crippen LogP contribution is -2.53. The van der Waals surface area contributed by atoms with Crippen LogP contribution in [0.3, 0.4) is 0 Å². The summed E-state index contributed by atoms with van der Waals surface area (Å²) >= 11 is 1.40. The maximum absolute atomic E-state index is 12.6. The number of fused-ring (bicyclic) bond motifs is 1. The van der Waals surface area contributed by atoms with Gasteiger partial charge in [-0.1, -0.05) is 23.5 Å². The number of amides is 1. The van der Waals surface area contributed by atoms with Gasteiger partial charge in [-0.05, 0) is 64.0 Å². The number of carbonyl (C=O) groups is 1. The highest BCUT2D eigenvalue weighted by atomic mass is 32.1. The standard InChI is InChI=1S/C24H28F3N5O3S/c1-22(2,3)35-21(33)31-9-7-23(8-10-31)12-16(13-23)29-19-30-32-18(14-28-20(32)36-19)15-5-4-6-17(11-15)34-24(25,26)27/h4-6,11,14,16H,7-10,12-13H2,1-3H3,(H,29,30). The highest BCUT2D eigenvalue weighted by Crippen LogP contribution is 2.50. The summed E-state index contributed by atoms with van der Waals surface area (Å²) in [5.74, 6) is -0.291. The number of nitrogens with one attached hydrogen (secondary N) is 1. The minimum absolute atomic E-state index is 0.234. The van der Waals surface area contributed by atoms with E-state index >= 15 is 0 Å². The zero-order valence-electron chi connectivity index (χ0n) is 20.3. The highest BCUT2D eigenvalue weighted by Gasteiger charge is 2.47. The van der Waals surface area contributed by atoms with E-state index in [1.165, 1.54) is 29.5 Å². The van der Waals surface area contributed by atoms with Crippen LogP contribution in [-0.2, 0) is 4.74 Å². The van der Waals surface area contributed by atoms with Gasteiger partial charge in [-0.2, -0.15) is 0 Å². The molecule has 0 bridgehead atoms. The maximum Gasteiger partial charge on any atom is 0.573 e. The molecule has 2 aliphatic rings. The molecular weight excluding hydrogens is 495 g/mol. The van der Waals surface area contributed by atoms with Crippen LogP contribution >= 0.6 is 11.3 Å². The quantitative estimate of drug-likeness (QED) is 0.455. The number of rotatable bonds is 4. The summed E-state index contributed by atoms with van der Waals surface area (Å²) in [6.07, 6.45) is 0.491. The van der Waals surface area contributed by atoms with Crippen molar-refractivity contribution < 1.29 is 27.4 Å². The molecule has 1 amide bonds. The maximum atomic E-state index is 12.6. The van der Waals surface area contributed by atoms with E-state index in [-0.39, 0.29) is 23.3 Å². The summed E-state index contributed by atoms with van der Waals surface area (Å²) in [5.41, 5.74) is 0.851. The van der Waals surface area contributed by atoms with Crippen molar-refractivity contribution in [1.82, 2.24) is 19.5 Å². The first-order valence-electron chi connectivity index (χ1n) is 11.8. The van der Waals surface area contributed by atoms with Crippen LogP contribution in [0.1, 0.15) is 46.5 Å². The molecule has 1 spiro atoms. The van der Waals surface area contributed by atoms with Gasteiger partial charge < -0.3 is 19.7 Å². The molecule has 0 radical (unpaired) electrons. The number of halogens is 3. The Balaban J connectivity index is 1.19. The summed E-state index contributed by atoms with van der Waals surface area (Å²) in [7, 11) is 0. The van der Waals surface area contributed by atoms with Crippen LogP contribution < -0.4 is 10.1 Å². The first kappa shape index (κ1) is 24.7. The van der Waals surface area contributed by atoms with E-state index in [4.69, 9.17) is 4.74 Å². The van der Waals surface area contributed by atoms with E-state index in [2.05, 4.69) is 20.1 Å². The molecule has 1 saturated carbocycles. The monoisotopic (exact) mass is 523 g/mol. The van der Waals surface area contributed by atoms with Gasteiger partial charge in [0, 0.05) is 24.7 Å². The van der Waals surface area contributed by atoms with Crippen molar-refractivity contribution in [2.24, 2.45) is 5.41 Å². The van der Waals surface area contributed by atoms with Gasteiger partial charge in [-0.25, -0.2) is 14.3 Å². The zero-order valence-corrected chi connectivity index (χ0v) is 21.1. The molecule has 3 heterocycles. The van der Waals surface area contributed by atoms with Gasteiger partial charge in [0.05, 0.1) is 11.9 Å². The molecule has 1 saturated heterocycles. The molecular formula is C24H28F3N5O3S. The highest BCUT2D eigenvalue weighted by molar-refractivity contribution is 7.20. The number of carbonyl (C=O) groups excluding carboxylic acids is 1. The molecule has 1 aliphatic carbocycles. The molecule has 3 aromatic rings. The fourth-order valence-electron chi connectivity index (χ4n) is 4.96. The van der Waals surface area contributed by atoms with Crippen molar-refractivity contribution in [3.8, 4) is 17.0 Å². The third kappa shape index (κ3) is 5.37. The van der Waals surface area contributed by atoms with Crippen molar-refractivity contribution in [3.05, 3.63) is 30.5 Å². The molecule has 36 heavy (non-hydrogen) atoms. The second kappa shape index (κ2) is 8.82. The van der Waals surface area contributed by atoms with E-state index in [0.717, 1.165) is 25.7 Å². The second-order valence-corrected chi connectivity index (χ2v) is 11.5. The lowest BCUT2D eigenvalue weighted by atomic mass is 9.60. The summed E-state index contributed by atoms with van der Waals surface area (Å²) in [5, 5.41) is 8.80. The van der Waals surface area contributed by atoms with Crippen LogP contribution in [0.2, 0.25) is 0 Å². The number of aromatic nitrogens is 3. The van der Waals surface area contributed by atoms with E-state index < -0.39 is 12.0 Å². The van der Waals surface area contributed by atoms with Crippen LogP contribution in [0.4, 0.5) is 23.1 Å². The smallest absolute Gasteiger partial charge is 0.444 e. The third-order valence-electron chi connectivity index (χ3n) is 6.61. The largest absolute Gasteiger partial charge is 0.573 e. The predicted molar refractivity (Wildman–Crippen MR) is 129 cm³/mol. The minimum atomic E-state index is -4.75. The van der Waals surface area contributed by atoms with E-state index in [9.17, 15) is 18.0 Å². The number of ether oxygens (including phenoxy) is 2. The molecule has 8 nitrogen and oxygen atoms in total. The van der Waals surface area contributed by atoms with Crippen molar-refractivity contribution >= 4 is 27.5 Å². The summed E-state index contributed by atoms with van der Waals surface area (Å²) in [6.45, 7) is 7.02. The summed E-state index contributed by atoms with van der Waals surface area (Å²) < 4.78 is 49.0. The molecule has 0 atom stereocenters. The lowest BCUT2D eigenvalue weighted by Gasteiger charge is -2.52. The van der Waals surface area contributed by atoms with Gasteiger partial charge in [0.1, 0.15) is 11.4 Å². The number of nitrogens with zero attached hydrogens (tertiary/aromatic N) is 4. The topological polar surface area (TPSA) is 81.0 Å². The molecule has 194 valence electrons. The third-order valence-corrected chi connectivity index (χ3v) is 7.46. The van der Waals surface area contributed by atoms with E-state index in [1.54, 1.807) is 21.7 Å². The number of alkyl halides is 3. The fraction of sp³-hybridized carbons (Fsp3) is 0.542. The SMILES string of the molecule is CC(C)(C)OC(=O)N1CCC2(CC1)CC(Nc1nn3c(-c4cccc(OC(F)(F)F)c4)cnc3s1)C2. The van der Waals surface area contributed by atoms with Gasteiger partial charge in [0.25, 0.3) is 0 Å². The van der Waals surface area contributed by atoms with Crippen LogP contribution in [0, 0.1) is 5.41 Å². The van der Waals surface area contributed by atoms with Crippen LogP contribution in [0.15, 0.2) is 30.5 Å². The fourth-order valence-corrected chi connectivity index (χ4v) is 5.81. The Morgan fingerprint density at radius 2 is 1.92 bits per heavy atom. The number of likely N-dealkylation sites (tertiary alicyclic amines) is 1. The molecule has 2 aromatic heterocycles. The molecule has 5 rings (SSSR count). The van der Waals surface area contributed by atoms with Crippen molar-refractivity contribution in [2.75, 3.05) is 18.4 Å². The Hall–Kier alpha value is -3.02. The first-order chi connectivity index (χ1) is 16.9. The molecule has 0 unspecified atom stereocenters. The normalized spacial score (nSPS) is 18.3. The minimum Gasteiger partial charge on any atom is -0.444 e. The number of anilines is 1. The molecule has 1 aliphatic heterocycles. The molecule has 2 fully saturated rings. The Kier molecular flexibility index (Phi) is 6.05. The molecule has 12 heteroatoms. The Labute approximate surface area is 210 Å². The predicted octanol–water partition coefficient (Wildman–Crippen LogP) is 5.95. The Morgan fingerprint density at radius 1 is 1.19 bits per heavy atom. The molecule has 1 N–H and O–H groups in total. The van der Waals surface area contributed by atoms with Crippen LogP contribution in [0.25, 0.3) is 16.2 Å². The summed E-state index contributed by atoms with van der Waals surface area (Å²) in [4.78, 5) is 19.1. The van der Waals surface area contributed by atoms with Gasteiger partial charge in [0.2, 0.25) is 10.1 Å². The van der Waals surface area contributed by atoms with Crippen molar-refractivity contribution in [1.29, 1.82) is 0 Å². The van der Waals surface area contributed by atoms with Gasteiger partial charge in [-0.15, -0.1) is 18.3 Å². The Bertz CT molecular complexity index is 1250. The first-order valence-corrected chi connectivity index (χ1v) is 12.7. The van der Waals surface area contributed by atoms with Gasteiger partial charge in [-0.3, -0.25) is 0 Å². The number of hydrogen-bond acceptors (Lipinski definition) is 7. The zero-order chi connectivity index (χ0) is 25.7. The van der Waals surface area contributed by atoms with E-state index in [1.807, 2.05) is 20.8 Å². The van der Waals surface area contributed by atoms with Crippen LogP contribution in [0.5, 0.6) is 5.75 Å². The Morgan fingerprint density at radius 3 is 2.58 bits per heavy atom. The summed E-state index contributed by atoms with van der Waals surface area (Å²) in [6, 6.07) is 6.05. The number of imidazole rings is 1. The van der Waals surface area contributed by atoms with Crippen molar-refractivity contribution in [3.63, 3.8) is 0 Å². The van der Waals surface area contributed by atoms with Crippen molar-refractivity contribution in [2.45, 2.75) is 64.5 Å². The van der Waals surface area contributed by atoms with Crippen LogP contribution in [-0.4, -0.2) is 56.7 Å². The average Bonchev–Trinajstić information content (AvgIpc) is 3.31. The van der Waals surface area contributed by atoms with E-state index in [0.29, 0.717) is 34.4 Å². The lowest BCUT2D eigenvalue weighted by molar-refractivity contribution is -0.274. The number of piperidine rings is 1. The number of hydrogen-bond donors (Lipinski definition) is 1. The average molecular weight is 524 g/mol. The molecule has 1 aromatic carbocycles.